The fourth-order valence-electron chi connectivity index (χ4n) is 2.30. The summed E-state index contributed by atoms with van der Waals surface area (Å²) in [6.07, 6.45) is 5.02. The molecule has 1 atom stereocenters. The minimum Gasteiger partial charge on any atom is -0.299 e. The SMILES string of the molecule is CCc1ccc(C[C@H]2CCCC2=O)cc1. The van der Waals surface area contributed by atoms with Crippen LogP contribution in [0.15, 0.2) is 24.3 Å². The largest absolute Gasteiger partial charge is 0.299 e. The Kier molecular flexibility index (Phi) is 3.20. The third-order valence-corrected chi connectivity index (χ3v) is 3.34. The molecule has 0 spiro atoms. The van der Waals surface area contributed by atoms with Crippen molar-refractivity contribution in [2.45, 2.75) is 39.0 Å². The Morgan fingerprint density at radius 2 is 1.87 bits per heavy atom. The zero-order chi connectivity index (χ0) is 10.7. The van der Waals surface area contributed by atoms with E-state index in [1.807, 2.05) is 0 Å². The smallest absolute Gasteiger partial charge is 0.136 e. The number of aryl methyl sites for hydroxylation is 1. The van der Waals surface area contributed by atoms with Crippen LogP contribution in [0.4, 0.5) is 0 Å². The minimum absolute atomic E-state index is 0.303. The lowest BCUT2D eigenvalue weighted by atomic mass is 9.96. The summed E-state index contributed by atoms with van der Waals surface area (Å²) < 4.78 is 0. The molecule has 80 valence electrons. The van der Waals surface area contributed by atoms with E-state index in [1.54, 1.807) is 0 Å². The summed E-state index contributed by atoms with van der Waals surface area (Å²) >= 11 is 0. The first-order valence-electron chi connectivity index (χ1n) is 5.90. The molecule has 0 amide bonds. The van der Waals surface area contributed by atoms with Crippen molar-refractivity contribution < 1.29 is 4.79 Å². The van der Waals surface area contributed by atoms with Crippen molar-refractivity contribution in [1.29, 1.82) is 0 Å². The molecule has 0 unspecified atom stereocenters. The maximum atomic E-state index is 11.5. The van der Waals surface area contributed by atoms with Crippen LogP contribution in [0.2, 0.25) is 0 Å². The second-order valence-electron chi connectivity index (χ2n) is 4.43. The third kappa shape index (κ3) is 2.47. The highest BCUT2D eigenvalue weighted by atomic mass is 16.1. The van der Waals surface area contributed by atoms with Crippen LogP contribution in [0.1, 0.15) is 37.3 Å². The molecule has 1 fully saturated rings. The Hall–Kier alpha value is -1.11. The molecule has 0 heterocycles. The van der Waals surface area contributed by atoms with Crippen LogP contribution in [0, 0.1) is 5.92 Å². The van der Waals surface area contributed by atoms with Gasteiger partial charge in [-0.05, 0) is 36.8 Å². The fourth-order valence-corrected chi connectivity index (χ4v) is 2.30. The number of ketones is 1. The molecule has 1 heteroatoms. The zero-order valence-electron chi connectivity index (χ0n) is 9.33. The van der Waals surface area contributed by atoms with Crippen LogP contribution in [0.3, 0.4) is 0 Å². The van der Waals surface area contributed by atoms with Gasteiger partial charge in [-0.25, -0.2) is 0 Å². The molecule has 1 nitrogen and oxygen atoms in total. The molecule has 0 radical (unpaired) electrons. The lowest BCUT2D eigenvalue weighted by Crippen LogP contribution is -2.09. The summed E-state index contributed by atoms with van der Waals surface area (Å²) in [5.74, 6) is 0.770. The standard InChI is InChI=1S/C14H18O/c1-2-11-6-8-12(9-7-11)10-13-4-3-5-14(13)15/h6-9,13H,2-5,10H2,1H3/t13-/m1/s1. The lowest BCUT2D eigenvalue weighted by Gasteiger charge is -2.08. The van der Waals surface area contributed by atoms with Crippen LogP contribution in [0.25, 0.3) is 0 Å². The molecule has 1 aliphatic rings. The molecule has 0 saturated heterocycles. The summed E-state index contributed by atoms with van der Waals surface area (Å²) in [4.78, 5) is 11.5. The molecule has 15 heavy (non-hydrogen) atoms. The molecule has 0 bridgehead atoms. The van der Waals surface area contributed by atoms with Crippen molar-refractivity contribution in [3.05, 3.63) is 35.4 Å². The molecular weight excluding hydrogens is 184 g/mol. The average molecular weight is 202 g/mol. The summed E-state index contributed by atoms with van der Waals surface area (Å²) in [7, 11) is 0. The highest BCUT2D eigenvalue weighted by molar-refractivity contribution is 5.83. The van der Waals surface area contributed by atoms with Crippen molar-refractivity contribution in [3.8, 4) is 0 Å². The van der Waals surface area contributed by atoms with E-state index in [0.717, 1.165) is 32.1 Å². The van der Waals surface area contributed by atoms with Crippen molar-refractivity contribution in [2.75, 3.05) is 0 Å². The van der Waals surface area contributed by atoms with Gasteiger partial charge in [0.2, 0.25) is 0 Å². The van der Waals surface area contributed by atoms with Gasteiger partial charge in [0, 0.05) is 12.3 Å². The predicted molar refractivity (Wildman–Crippen MR) is 61.9 cm³/mol. The number of hydrogen-bond donors (Lipinski definition) is 0. The number of Topliss-reactive ketones (excluding diaryl/α,β-unsaturated/α-hetero) is 1. The van der Waals surface area contributed by atoms with Crippen LogP contribution in [-0.2, 0) is 17.6 Å². The Morgan fingerprint density at radius 3 is 2.40 bits per heavy atom. The van der Waals surface area contributed by atoms with E-state index in [0.29, 0.717) is 11.7 Å². The molecule has 0 aromatic heterocycles. The lowest BCUT2D eigenvalue weighted by molar-refractivity contribution is -0.120. The fraction of sp³-hybridized carbons (Fsp3) is 0.500. The number of carbonyl (C=O) groups excluding carboxylic acids is 1. The Bertz CT molecular complexity index is 337. The van der Waals surface area contributed by atoms with Crippen molar-refractivity contribution in [3.63, 3.8) is 0 Å². The Balaban J connectivity index is 2.01. The second-order valence-corrected chi connectivity index (χ2v) is 4.43. The van der Waals surface area contributed by atoms with Gasteiger partial charge in [-0.15, -0.1) is 0 Å². The maximum Gasteiger partial charge on any atom is 0.136 e. The van der Waals surface area contributed by atoms with E-state index < -0.39 is 0 Å². The molecule has 1 saturated carbocycles. The van der Waals surface area contributed by atoms with Gasteiger partial charge < -0.3 is 0 Å². The van der Waals surface area contributed by atoms with Crippen LogP contribution < -0.4 is 0 Å². The summed E-state index contributed by atoms with van der Waals surface area (Å²) in [6, 6.07) is 8.69. The van der Waals surface area contributed by atoms with E-state index in [2.05, 4.69) is 31.2 Å². The van der Waals surface area contributed by atoms with E-state index in [-0.39, 0.29) is 0 Å². The number of carbonyl (C=O) groups is 1. The Labute approximate surface area is 91.5 Å². The first kappa shape index (κ1) is 10.4. The van der Waals surface area contributed by atoms with E-state index in [1.165, 1.54) is 11.1 Å². The average Bonchev–Trinajstić information content (AvgIpc) is 2.66. The van der Waals surface area contributed by atoms with Crippen LogP contribution in [-0.4, -0.2) is 5.78 Å². The Morgan fingerprint density at radius 1 is 1.20 bits per heavy atom. The second kappa shape index (κ2) is 4.61. The van der Waals surface area contributed by atoms with Gasteiger partial charge in [0.25, 0.3) is 0 Å². The van der Waals surface area contributed by atoms with Gasteiger partial charge in [0.1, 0.15) is 5.78 Å². The molecule has 1 aliphatic carbocycles. The molecule has 2 rings (SSSR count). The maximum absolute atomic E-state index is 11.5. The number of rotatable bonds is 3. The molecule has 1 aromatic carbocycles. The van der Waals surface area contributed by atoms with Gasteiger partial charge in [0.15, 0.2) is 0 Å². The van der Waals surface area contributed by atoms with Gasteiger partial charge in [0.05, 0.1) is 0 Å². The summed E-state index contributed by atoms with van der Waals surface area (Å²) in [6.45, 7) is 2.16. The van der Waals surface area contributed by atoms with Crippen molar-refractivity contribution in [1.82, 2.24) is 0 Å². The van der Waals surface area contributed by atoms with E-state index in [9.17, 15) is 4.79 Å². The first-order valence-corrected chi connectivity index (χ1v) is 5.90. The van der Waals surface area contributed by atoms with E-state index >= 15 is 0 Å². The van der Waals surface area contributed by atoms with E-state index in [4.69, 9.17) is 0 Å². The van der Waals surface area contributed by atoms with Crippen LogP contribution in [0.5, 0.6) is 0 Å². The number of hydrogen-bond acceptors (Lipinski definition) is 1. The molecular formula is C14H18O. The molecule has 1 aromatic rings. The zero-order valence-corrected chi connectivity index (χ0v) is 9.33. The predicted octanol–water partition coefficient (Wildman–Crippen LogP) is 3.16. The summed E-state index contributed by atoms with van der Waals surface area (Å²) in [5.41, 5.74) is 2.68. The summed E-state index contributed by atoms with van der Waals surface area (Å²) in [5, 5.41) is 0. The molecule has 0 N–H and O–H groups in total. The highest BCUT2D eigenvalue weighted by Crippen LogP contribution is 2.25. The minimum atomic E-state index is 0.303. The molecule has 0 aliphatic heterocycles. The highest BCUT2D eigenvalue weighted by Gasteiger charge is 2.24. The topological polar surface area (TPSA) is 17.1 Å². The van der Waals surface area contributed by atoms with Gasteiger partial charge in [-0.2, -0.15) is 0 Å². The van der Waals surface area contributed by atoms with Gasteiger partial charge in [-0.3, -0.25) is 4.79 Å². The van der Waals surface area contributed by atoms with Gasteiger partial charge in [-0.1, -0.05) is 31.2 Å². The quantitative estimate of drug-likeness (QED) is 0.735. The van der Waals surface area contributed by atoms with Crippen molar-refractivity contribution >= 4 is 5.78 Å². The normalized spacial score (nSPS) is 20.9. The number of benzene rings is 1. The third-order valence-electron chi connectivity index (χ3n) is 3.34. The van der Waals surface area contributed by atoms with Gasteiger partial charge >= 0.3 is 0 Å². The van der Waals surface area contributed by atoms with Crippen molar-refractivity contribution in [2.24, 2.45) is 5.92 Å². The first-order chi connectivity index (χ1) is 7.29. The monoisotopic (exact) mass is 202 g/mol. The van der Waals surface area contributed by atoms with Crippen LogP contribution >= 0.6 is 0 Å².